The lowest BCUT2D eigenvalue weighted by Gasteiger charge is -2.01. The molecule has 0 amide bonds. The van der Waals surface area contributed by atoms with Crippen LogP contribution in [0.1, 0.15) is 11.4 Å². The molecule has 0 saturated carbocycles. The summed E-state index contributed by atoms with van der Waals surface area (Å²) in [6, 6.07) is 7.55. The molecule has 78 valence electrons. The Labute approximate surface area is 96.7 Å². The first kappa shape index (κ1) is 10.2. The van der Waals surface area contributed by atoms with Gasteiger partial charge in [0.05, 0.1) is 0 Å². The number of nitrogens with zero attached hydrogens (tertiary/aromatic N) is 2. The van der Waals surface area contributed by atoms with Crippen LogP contribution in [0.3, 0.4) is 0 Å². The van der Waals surface area contributed by atoms with Gasteiger partial charge in [0.15, 0.2) is 5.82 Å². The third-order valence-corrected chi connectivity index (χ3v) is 2.55. The highest BCUT2D eigenvalue weighted by molar-refractivity contribution is 7.71. The zero-order valence-corrected chi connectivity index (χ0v) is 9.35. The summed E-state index contributed by atoms with van der Waals surface area (Å²) < 4.78 is 1.77. The fourth-order valence-electron chi connectivity index (χ4n) is 1.29. The van der Waals surface area contributed by atoms with Gasteiger partial charge in [0, 0.05) is 11.4 Å². The summed E-state index contributed by atoms with van der Waals surface area (Å²) in [7, 11) is 0. The molecule has 0 spiro atoms. The van der Waals surface area contributed by atoms with Crippen molar-refractivity contribution in [1.29, 1.82) is 0 Å². The molecule has 1 heterocycles. The largest absolute Gasteiger partial charge is 0.335 e. The first-order chi connectivity index (χ1) is 7.16. The molecule has 0 bridgehead atoms. The van der Waals surface area contributed by atoms with Crippen LogP contribution < -0.4 is 5.84 Å². The molecule has 0 aliphatic rings. The van der Waals surface area contributed by atoms with Crippen LogP contribution in [0.15, 0.2) is 24.3 Å². The highest BCUT2D eigenvalue weighted by atomic mass is 35.5. The monoisotopic (exact) mass is 240 g/mol. The van der Waals surface area contributed by atoms with Crippen molar-refractivity contribution in [2.24, 2.45) is 0 Å². The predicted molar refractivity (Wildman–Crippen MR) is 61.8 cm³/mol. The van der Waals surface area contributed by atoms with E-state index in [2.05, 4.69) is 10.2 Å². The summed E-state index contributed by atoms with van der Waals surface area (Å²) in [5, 5.41) is 7.35. The number of nitrogen functional groups attached to an aromatic ring is 1. The molecule has 1 aromatic carbocycles. The fourth-order valence-corrected chi connectivity index (χ4v) is 1.66. The van der Waals surface area contributed by atoms with Crippen molar-refractivity contribution < 1.29 is 0 Å². The number of H-pyrrole nitrogens is 1. The van der Waals surface area contributed by atoms with E-state index in [-0.39, 0.29) is 0 Å². The minimum Gasteiger partial charge on any atom is -0.335 e. The average molecular weight is 241 g/mol. The highest BCUT2D eigenvalue weighted by Gasteiger charge is 2.04. The van der Waals surface area contributed by atoms with Crippen molar-refractivity contribution in [2.75, 3.05) is 5.84 Å². The molecule has 2 rings (SSSR count). The van der Waals surface area contributed by atoms with E-state index in [1.165, 1.54) is 4.68 Å². The Hall–Kier alpha value is -1.33. The highest BCUT2D eigenvalue weighted by Crippen LogP contribution is 2.13. The van der Waals surface area contributed by atoms with Gasteiger partial charge in [-0.05, 0) is 29.9 Å². The van der Waals surface area contributed by atoms with Crippen molar-refractivity contribution in [3.63, 3.8) is 0 Å². The van der Waals surface area contributed by atoms with Gasteiger partial charge in [-0.15, -0.1) is 0 Å². The smallest absolute Gasteiger partial charge is 0.214 e. The summed E-state index contributed by atoms with van der Waals surface area (Å²) in [5.74, 6) is 6.36. The predicted octanol–water partition coefficient (Wildman–Crippen LogP) is 1.90. The lowest BCUT2D eigenvalue weighted by atomic mass is 10.1. The first-order valence-electron chi connectivity index (χ1n) is 4.32. The summed E-state index contributed by atoms with van der Waals surface area (Å²) >= 11 is 10.8. The normalized spacial score (nSPS) is 10.5. The summed E-state index contributed by atoms with van der Waals surface area (Å²) in [6.07, 6.45) is 0.601. The van der Waals surface area contributed by atoms with E-state index in [4.69, 9.17) is 29.7 Å². The van der Waals surface area contributed by atoms with Crippen LogP contribution in [0, 0.1) is 4.77 Å². The molecular weight excluding hydrogens is 232 g/mol. The maximum atomic E-state index is 5.87. The second-order valence-electron chi connectivity index (χ2n) is 3.12. The molecule has 2 aromatic rings. The number of aromatic amines is 1. The van der Waals surface area contributed by atoms with Crippen LogP contribution in [0.4, 0.5) is 0 Å². The summed E-state index contributed by atoms with van der Waals surface area (Å²) in [5.41, 5.74) is 1.04. The maximum absolute atomic E-state index is 5.87. The number of hydrogen-bond donors (Lipinski definition) is 2. The van der Waals surface area contributed by atoms with Crippen molar-refractivity contribution in [1.82, 2.24) is 14.9 Å². The molecule has 0 aliphatic heterocycles. The van der Waals surface area contributed by atoms with Crippen LogP contribution in [-0.2, 0) is 6.42 Å². The Kier molecular flexibility index (Phi) is 2.75. The van der Waals surface area contributed by atoms with E-state index in [1.807, 2.05) is 24.3 Å². The van der Waals surface area contributed by atoms with E-state index in [9.17, 15) is 0 Å². The Bertz CT molecular complexity index is 531. The molecule has 0 atom stereocenters. The molecule has 0 fully saturated rings. The van der Waals surface area contributed by atoms with Gasteiger partial charge in [0.1, 0.15) is 0 Å². The molecule has 6 heteroatoms. The number of nitrogens with two attached hydrogens (primary N) is 1. The number of aromatic nitrogens is 3. The number of halogens is 1. The Morgan fingerprint density at radius 3 is 2.93 bits per heavy atom. The quantitative estimate of drug-likeness (QED) is 0.623. The maximum Gasteiger partial charge on any atom is 0.214 e. The Balaban J connectivity index is 2.29. The van der Waals surface area contributed by atoms with Gasteiger partial charge in [-0.25, -0.2) is 4.68 Å². The van der Waals surface area contributed by atoms with E-state index in [1.54, 1.807) is 0 Å². The second-order valence-corrected chi connectivity index (χ2v) is 3.94. The van der Waals surface area contributed by atoms with Crippen LogP contribution in [0.5, 0.6) is 0 Å². The van der Waals surface area contributed by atoms with Gasteiger partial charge in [-0.1, -0.05) is 23.7 Å². The van der Waals surface area contributed by atoms with Crippen LogP contribution in [-0.4, -0.2) is 14.9 Å². The van der Waals surface area contributed by atoms with E-state index >= 15 is 0 Å². The van der Waals surface area contributed by atoms with Crippen molar-refractivity contribution in [3.05, 3.63) is 45.4 Å². The van der Waals surface area contributed by atoms with Gasteiger partial charge in [-0.2, -0.15) is 5.10 Å². The minimum absolute atomic E-state index is 0.409. The third kappa shape index (κ3) is 2.19. The van der Waals surface area contributed by atoms with Crippen molar-refractivity contribution in [3.8, 4) is 0 Å². The van der Waals surface area contributed by atoms with Crippen LogP contribution >= 0.6 is 23.8 Å². The first-order valence-corrected chi connectivity index (χ1v) is 5.11. The van der Waals surface area contributed by atoms with E-state index in [0.717, 1.165) is 5.56 Å². The fraction of sp³-hybridized carbons (Fsp3) is 0.111. The van der Waals surface area contributed by atoms with Crippen LogP contribution in [0.2, 0.25) is 5.02 Å². The van der Waals surface area contributed by atoms with Crippen molar-refractivity contribution >= 4 is 23.8 Å². The molecule has 1 aromatic heterocycles. The Morgan fingerprint density at radius 2 is 2.33 bits per heavy atom. The van der Waals surface area contributed by atoms with E-state index < -0.39 is 0 Å². The molecule has 3 N–H and O–H groups in total. The van der Waals surface area contributed by atoms with Gasteiger partial charge < -0.3 is 5.84 Å². The van der Waals surface area contributed by atoms with Crippen molar-refractivity contribution in [2.45, 2.75) is 6.42 Å². The standard InChI is InChI=1S/C9H9ClN4S/c10-7-3-1-2-6(4-7)5-8-12-13-9(15)14(8)11/h1-4H,5,11H2,(H,13,15). The summed E-state index contributed by atoms with van der Waals surface area (Å²) in [6.45, 7) is 0. The van der Waals surface area contributed by atoms with E-state index in [0.29, 0.717) is 22.0 Å². The van der Waals surface area contributed by atoms with Gasteiger partial charge in [0.2, 0.25) is 4.77 Å². The molecule has 0 unspecified atom stereocenters. The minimum atomic E-state index is 0.409. The SMILES string of the molecule is Nn1c(Cc2cccc(Cl)c2)n[nH]c1=S. The molecule has 4 nitrogen and oxygen atoms in total. The zero-order chi connectivity index (χ0) is 10.8. The van der Waals surface area contributed by atoms with Crippen LogP contribution in [0.25, 0.3) is 0 Å². The van der Waals surface area contributed by atoms with Gasteiger partial charge in [0.25, 0.3) is 0 Å². The number of nitrogens with one attached hydrogen (secondary N) is 1. The molecule has 0 saturated heterocycles. The summed E-state index contributed by atoms with van der Waals surface area (Å²) in [4.78, 5) is 0. The molecule has 15 heavy (non-hydrogen) atoms. The van der Waals surface area contributed by atoms with Gasteiger partial charge >= 0.3 is 0 Å². The average Bonchev–Trinajstić information content (AvgIpc) is 2.50. The number of hydrogen-bond acceptors (Lipinski definition) is 3. The third-order valence-electron chi connectivity index (χ3n) is 2.03. The zero-order valence-electron chi connectivity index (χ0n) is 7.77. The molecular formula is C9H9ClN4S. The second kappa shape index (κ2) is 4.04. The van der Waals surface area contributed by atoms with Gasteiger partial charge in [-0.3, -0.25) is 5.10 Å². The Morgan fingerprint density at radius 1 is 1.53 bits per heavy atom. The lowest BCUT2D eigenvalue weighted by molar-refractivity contribution is 0.868. The number of rotatable bonds is 2. The number of benzene rings is 1. The lowest BCUT2D eigenvalue weighted by Crippen LogP contribution is -2.13. The molecule has 0 aliphatic carbocycles. The molecule has 0 radical (unpaired) electrons. The topological polar surface area (TPSA) is 59.6 Å².